The first kappa shape index (κ1) is 16.0. The van der Waals surface area contributed by atoms with Gasteiger partial charge in [0.05, 0.1) is 11.5 Å². The summed E-state index contributed by atoms with van der Waals surface area (Å²) >= 11 is 5.80. The van der Waals surface area contributed by atoms with Gasteiger partial charge in [-0.1, -0.05) is 37.6 Å². The molecule has 0 heterocycles. The minimum Gasteiger partial charge on any atom is -0.481 e. The molecule has 0 aliphatic rings. The van der Waals surface area contributed by atoms with E-state index in [1.165, 1.54) is 0 Å². The van der Waals surface area contributed by atoms with Crippen molar-refractivity contribution in [3.8, 4) is 0 Å². The molecule has 1 aromatic carbocycles. The Morgan fingerprint density at radius 3 is 2.26 bits per heavy atom. The van der Waals surface area contributed by atoms with Crippen LogP contribution in [-0.4, -0.2) is 21.8 Å². The molecule has 2 N–H and O–H groups in total. The lowest BCUT2D eigenvalue weighted by Crippen LogP contribution is -2.36. The third-order valence-electron chi connectivity index (χ3n) is 3.65. The largest absolute Gasteiger partial charge is 0.481 e. The van der Waals surface area contributed by atoms with Crippen molar-refractivity contribution in [2.45, 2.75) is 39.2 Å². The van der Waals surface area contributed by atoms with Crippen molar-refractivity contribution in [2.75, 3.05) is 0 Å². The van der Waals surface area contributed by atoms with E-state index in [1.807, 2.05) is 26.0 Å². The second-order valence-electron chi connectivity index (χ2n) is 5.58. The van der Waals surface area contributed by atoms with Gasteiger partial charge < -0.3 is 10.2 Å². The number of carboxylic acid groups (broad SMARTS) is 1. The number of carboxylic acids is 1. The molecule has 0 aliphatic heterocycles. The van der Waals surface area contributed by atoms with Crippen LogP contribution in [0.3, 0.4) is 0 Å². The molecule has 4 heteroatoms. The molecule has 2 unspecified atom stereocenters. The molecular weight excluding hydrogens is 264 g/mol. The lowest BCUT2D eigenvalue weighted by atomic mass is 9.81. The van der Waals surface area contributed by atoms with Crippen molar-refractivity contribution >= 4 is 17.6 Å². The van der Waals surface area contributed by atoms with Gasteiger partial charge in [0, 0.05) is 5.02 Å². The highest BCUT2D eigenvalue weighted by atomic mass is 35.5. The smallest absolute Gasteiger partial charge is 0.306 e. The van der Waals surface area contributed by atoms with Gasteiger partial charge in [-0.25, -0.2) is 0 Å². The maximum atomic E-state index is 11.3. The summed E-state index contributed by atoms with van der Waals surface area (Å²) in [5.41, 5.74) is -0.0634. The topological polar surface area (TPSA) is 57.5 Å². The zero-order valence-corrected chi connectivity index (χ0v) is 12.3. The Morgan fingerprint density at radius 1 is 1.32 bits per heavy atom. The molecule has 0 saturated carbocycles. The number of benzene rings is 1. The van der Waals surface area contributed by atoms with E-state index < -0.39 is 17.5 Å². The summed E-state index contributed by atoms with van der Waals surface area (Å²) in [6, 6.07) is 7.14. The third-order valence-corrected chi connectivity index (χ3v) is 3.90. The maximum Gasteiger partial charge on any atom is 0.306 e. The van der Waals surface area contributed by atoms with Gasteiger partial charge in [0.1, 0.15) is 0 Å². The fraction of sp³-hybridized carbons (Fsp3) is 0.533. The molecule has 0 amide bonds. The lowest BCUT2D eigenvalue weighted by molar-refractivity contribution is -0.144. The van der Waals surface area contributed by atoms with E-state index in [2.05, 4.69) is 0 Å². The maximum absolute atomic E-state index is 11.3. The Hall–Kier alpha value is -1.06. The van der Waals surface area contributed by atoms with E-state index in [0.717, 1.165) is 5.56 Å². The van der Waals surface area contributed by atoms with Crippen LogP contribution in [0.4, 0.5) is 0 Å². The van der Waals surface area contributed by atoms with Crippen LogP contribution in [0.25, 0.3) is 0 Å². The van der Waals surface area contributed by atoms with Gasteiger partial charge in [-0.05, 0) is 43.4 Å². The van der Waals surface area contributed by atoms with Crippen LogP contribution < -0.4 is 0 Å². The number of hydrogen-bond donors (Lipinski definition) is 2. The molecule has 0 aromatic heterocycles. The summed E-state index contributed by atoms with van der Waals surface area (Å²) in [4.78, 5) is 11.3. The summed E-state index contributed by atoms with van der Waals surface area (Å²) in [5.74, 6) is -1.46. The summed E-state index contributed by atoms with van der Waals surface area (Å²) in [7, 11) is 0. The van der Waals surface area contributed by atoms with E-state index in [4.69, 9.17) is 11.6 Å². The molecule has 3 nitrogen and oxygen atoms in total. The number of halogens is 1. The predicted octanol–water partition coefficient (Wildman–Crippen LogP) is 3.38. The van der Waals surface area contributed by atoms with Crippen LogP contribution in [0.5, 0.6) is 0 Å². The third kappa shape index (κ3) is 4.84. The normalized spacial score (nSPS) is 16.1. The molecule has 106 valence electrons. The molecule has 0 aliphatic carbocycles. The minimum absolute atomic E-state index is 0.0135. The van der Waals surface area contributed by atoms with Gasteiger partial charge in [0.2, 0.25) is 0 Å². The Labute approximate surface area is 119 Å². The molecule has 0 spiro atoms. The lowest BCUT2D eigenvalue weighted by Gasteiger charge is -2.30. The van der Waals surface area contributed by atoms with Gasteiger partial charge in [0.15, 0.2) is 0 Å². The van der Waals surface area contributed by atoms with Crippen LogP contribution in [0.15, 0.2) is 24.3 Å². The first-order chi connectivity index (χ1) is 8.72. The molecule has 1 aromatic rings. The molecular formula is C15H21ClO3. The number of rotatable bonds is 6. The molecule has 2 atom stereocenters. The predicted molar refractivity (Wildman–Crippen MR) is 76.4 cm³/mol. The van der Waals surface area contributed by atoms with Crippen molar-refractivity contribution in [1.29, 1.82) is 0 Å². The fourth-order valence-electron chi connectivity index (χ4n) is 1.89. The van der Waals surface area contributed by atoms with Crippen LogP contribution in [0.1, 0.15) is 32.8 Å². The SMILES string of the molecule is CC(C)C(C)(O)CC(Cc1ccc(Cl)cc1)C(=O)O. The Morgan fingerprint density at radius 2 is 1.84 bits per heavy atom. The number of aliphatic hydroxyl groups is 1. The van der Waals surface area contributed by atoms with Crippen molar-refractivity contribution in [2.24, 2.45) is 11.8 Å². The molecule has 0 fully saturated rings. The second-order valence-corrected chi connectivity index (χ2v) is 6.02. The number of hydrogen-bond acceptors (Lipinski definition) is 2. The average Bonchev–Trinajstić information content (AvgIpc) is 2.30. The minimum atomic E-state index is -0.977. The molecule has 19 heavy (non-hydrogen) atoms. The summed E-state index contributed by atoms with van der Waals surface area (Å²) in [5, 5.41) is 20.2. The molecule has 0 radical (unpaired) electrons. The van der Waals surface area contributed by atoms with Crippen molar-refractivity contribution in [1.82, 2.24) is 0 Å². The highest BCUT2D eigenvalue weighted by Crippen LogP contribution is 2.27. The first-order valence-corrected chi connectivity index (χ1v) is 6.80. The highest BCUT2D eigenvalue weighted by Gasteiger charge is 2.32. The summed E-state index contributed by atoms with van der Waals surface area (Å²) < 4.78 is 0. The summed E-state index contributed by atoms with van der Waals surface area (Å²) in [6.45, 7) is 5.47. The van der Waals surface area contributed by atoms with Gasteiger partial charge in [-0.2, -0.15) is 0 Å². The summed E-state index contributed by atoms with van der Waals surface area (Å²) in [6.07, 6.45) is 0.637. The van der Waals surface area contributed by atoms with Gasteiger partial charge >= 0.3 is 5.97 Å². The molecule has 0 bridgehead atoms. The monoisotopic (exact) mass is 284 g/mol. The molecule has 0 saturated heterocycles. The van der Waals surface area contributed by atoms with E-state index >= 15 is 0 Å². The Kier molecular flexibility index (Phi) is 5.39. The Bertz CT molecular complexity index is 424. The standard InChI is InChI=1S/C15H21ClO3/c1-10(2)15(3,19)9-12(14(17)18)8-11-4-6-13(16)7-5-11/h4-7,10,12,19H,8-9H2,1-3H3,(H,17,18). The molecule has 1 rings (SSSR count). The first-order valence-electron chi connectivity index (χ1n) is 6.42. The van der Waals surface area contributed by atoms with E-state index in [0.29, 0.717) is 11.4 Å². The van der Waals surface area contributed by atoms with Crippen LogP contribution in [0.2, 0.25) is 5.02 Å². The van der Waals surface area contributed by atoms with Crippen LogP contribution in [-0.2, 0) is 11.2 Å². The van der Waals surface area contributed by atoms with Crippen molar-refractivity contribution in [3.05, 3.63) is 34.9 Å². The van der Waals surface area contributed by atoms with Gasteiger partial charge in [0.25, 0.3) is 0 Å². The van der Waals surface area contributed by atoms with E-state index in [-0.39, 0.29) is 12.3 Å². The van der Waals surface area contributed by atoms with Crippen molar-refractivity contribution in [3.63, 3.8) is 0 Å². The zero-order valence-electron chi connectivity index (χ0n) is 11.6. The Balaban J connectivity index is 2.79. The highest BCUT2D eigenvalue weighted by molar-refractivity contribution is 6.30. The fourth-order valence-corrected chi connectivity index (χ4v) is 2.01. The van der Waals surface area contributed by atoms with Crippen LogP contribution in [0, 0.1) is 11.8 Å². The van der Waals surface area contributed by atoms with Crippen molar-refractivity contribution < 1.29 is 15.0 Å². The van der Waals surface area contributed by atoms with E-state index in [1.54, 1.807) is 19.1 Å². The number of aliphatic carboxylic acids is 1. The van der Waals surface area contributed by atoms with E-state index in [9.17, 15) is 15.0 Å². The second kappa shape index (κ2) is 6.40. The van der Waals surface area contributed by atoms with Crippen LogP contribution >= 0.6 is 11.6 Å². The van der Waals surface area contributed by atoms with Gasteiger partial charge in [-0.3, -0.25) is 4.79 Å². The zero-order chi connectivity index (χ0) is 14.6. The number of carbonyl (C=O) groups is 1. The van der Waals surface area contributed by atoms with Gasteiger partial charge in [-0.15, -0.1) is 0 Å². The average molecular weight is 285 g/mol. The quantitative estimate of drug-likeness (QED) is 0.842.